The summed E-state index contributed by atoms with van der Waals surface area (Å²) in [6.07, 6.45) is 3.30. The van der Waals surface area contributed by atoms with E-state index in [9.17, 15) is 14.7 Å². The third kappa shape index (κ3) is 4.52. The quantitative estimate of drug-likeness (QED) is 0.680. The van der Waals surface area contributed by atoms with Gasteiger partial charge in [-0.25, -0.2) is 4.79 Å². The van der Waals surface area contributed by atoms with E-state index >= 15 is 0 Å². The smallest absolute Gasteiger partial charge is 0.317 e. The number of hydrogen-bond donors (Lipinski definition) is 3. The summed E-state index contributed by atoms with van der Waals surface area (Å²) >= 11 is 0. The SMILES string of the molecule is CC(CC(=O)O)NC(=O)N(C)CC1(O)CCCC1. The Morgan fingerprint density at radius 3 is 2.44 bits per heavy atom. The Kier molecular flexibility index (Phi) is 4.95. The van der Waals surface area contributed by atoms with Crippen molar-refractivity contribution in [1.29, 1.82) is 0 Å². The summed E-state index contributed by atoms with van der Waals surface area (Å²) in [4.78, 5) is 23.7. The van der Waals surface area contributed by atoms with Crippen LogP contribution in [0.15, 0.2) is 0 Å². The number of nitrogens with zero attached hydrogens (tertiary/aromatic N) is 1. The molecule has 0 saturated heterocycles. The zero-order chi connectivity index (χ0) is 13.8. The minimum atomic E-state index is -0.945. The molecule has 0 heterocycles. The van der Waals surface area contributed by atoms with Gasteiger partial charge in [0, 0.05) is 13.1 Å². The minimum Gasteiger partial charge on any atom is -0.481 e. The number of amides is 2. The van der Waals surface area contributed by atoms with Gasteiger partial charge in [0.25, 0.3) is 0 Å². The first kappa shape index (κ1) is 14.8. The normalized spacial score (nSPS) is 19.3. The molecule has 3 N–H and O–H groups in total. The van der Waals surface area contributed by atoms with Gasteiger partial charge in [0.2, 0.25) is 0 Å². The highest BCUT2D eigenvalue weighted by atomic mass is 16.4. The first-order valence-corrected chi connectivity index (χ1v) is 6.28. The number of urea groups is 1. The van der Waals surface area contributed by atoms with Crippen LogP contribution in [0.1, 0.15) is 39.0 Å². The largest absolute Gasteiger partial charge is 0.481 e. The van der Waals surface area contributed by atoms with Gasteiger partial charge in [-0.05, 0) is 19.8 Å². The highest BCUT2D eigenvalue weighted by Crippen LogP contribution is 2.29. The van der Waals surface area contributed by atoms with Gasteiger partial charge in [0.1, 0.15) is 0 Å². The van der Waals surface area contributed by atoms with E-state index in [1.807, 2.05) is 0 Å². The fraction of sp³-hybridized carbons (Fsp3) is 0.833. The lowest BCUT2D eigenvalue weighted by Crippen LogP contribution is -2.48. The van der Waals surface area contributed by atoms with Crippen LogP contribution < -0.4 is 5.32 Å². The van der Waals surface area contributed by atoms with Crippen molar-refractivity contribution in [3.05, 3.63) is 0 Å². The zero-order valence-electron chi connectivity index (χ0n) is 11.0. The van der Waals surface area contributed by atoms with Crippen molar-refractivity contribution in [2.24, 2.45) is 0 Å². The van der Waals surface area contributed by atoms with Crippen molar-refractivity contribution >= 4 is 12.0 Å². The van der Waals surface area contributed by atoms with Gasteiger partial charge in [0.15, 0.2) is 0 Å². The number of aliphatic carboxylic acids is 1. The average molecular weight is 258 g/mol. The topological polar surface area (TPSA) is 89.9 Å². The molecule has 6 heteroatoms. The van der Waals surface area contributed by atoms with Crippen molar-refractivity contribution in [3.63, 3.8) is 0 Å². The van der Waals surface area contributed by atoms with E-state index in [-0.39, 0.29) is 12.5 Å². The van der Waals surface area contributed by atoms with Gasteiger partial charge in [-0.3, -0.25) is 4.79 Å². The number of rotatable bonds is 5. The van der Waals surface area contributed by atoms with Crippen LogP contribution in [0.25, 0.3) is 0 Å². The van der Waals surface area contributed by atoms with Crippen molar-refractivity contribution < 1.29 is 19.8 Å². The van der Waals surface area contributed by atoms with Gasteiger partial charge < -0.3 is 20.4 Å². The summed E-state index contributed by atoms with van der Waals surface area (Å²) in [5, 5.41) is 21.4. The number of carbonyl (C=O) groups excluding carboxylic acids is 1. The highest BCUT2D eigenvalue weighted by molar-refractivity contribution is 5.75. The van der Waals surface area contributed by atoms with Crippen LogP contribution >= 0.6 is 0 Å². The Labute approximate surface area is 107 Å². The maximum Gasteiger partial charge on any atom is 0.317 e. The maximum atomic E-state index is 11.8. The molecule has 6 nitrogen and oxygen atoms in total. The van der Waals surface area contributed by atoms with Crippen molar-refractivity contribution in [1.82, 2.24) is 10.2 Å². The predicted octanol–water partition coefficient (Wildman–Crippen LogP) is 0.796. The lowest BCUT2D eigenvalue weighted by Gasteiger charge is -2.29. The Morgan fingerprint density at radius 2 is 1.94 bits per heavy atom. The van der Waals surface area contributed by atoms with Crippen LogP contribution in [0, 0.1) is 0 Å². The fourth-order valence-electron chi connectivity index (χ4n) is 2.34. The molecule has 0 radical (unpaired) electrons. The summed E-state index contributed by atoms with van der Waals surface area (Å²) in [6, 6.07) is -0.764. The van der Waals surface area contributed by atoms with Crippen LogP contribution in [-0.2, 0) is 4.79 Å². The van der Waals surface area contributed by atoms with Crippen LogP contribution in [0.5, 0.6) is 0 Å². The molecule has 1 fully saturated rings. The molecule has 0 bridgehead atoms. The summed E-state index contributed by atoms with van der Waals surface area (Å²) in [5.74, 6) is -0.945. The number of carbonyl (C=O) groups is 2. The molecule has 0 aliphatic heterocycles. The summed E-state index contributed by atoms with van der Waals surface area (Å²) in [6.45, 7) is 1.93. The first-order valence-electron chi connectivity index (χ1n) is 6.28. The van der Waals surface area contributed by atoms with E-state index in [0.717, 1.165) is 25.7 Å². The number of hydrogen-bond acceptors (Lipinski definition) is 3. The molecule has 0 aromatic carbocycles. The monoisotopic (exact) mass is 258 g/mol. The fourth-order valence-corrected chi connectivity index (χ4v) is 2.34. The Morgan fingerprint density at radius 1 is 1.39 bits per heavy atom. The van der Waals surface area contributed by atoms with E-state index in [2.05, 4.69) is 5.32 Å². The second-order valence-electron chi connectivity index (χ2n) is 5.24. The Balaban J connectivity index is 2.39. The second-order valence-corrected chi connectivity index (χ2v) is 5.24. The van der Waals surface area contributed by atoms with Crippen LogP contribution in [0.2, 0.25) is 0 Å². The van der Waals surface area contributed by atoms with Crippen LogP contribution in [0.4, 0.5) is 4.79 Å². The predicted molar refractivity (Wildman–Crippen MR) is 66.3 cm³/mol. The third-order valence-electron chi connectivity index (χ3n) is 3.26. The van der Waals surface area contributed by atoms with Crippen LogP contribution in [0.3, 0.4) is 0 Å². The number of nitrogens with one attached hydrogen (secondary N) is 1. The molecule has 1 aliphatic rings. The first-order chi connectivity index (χ1) is 8.32. The molecule has 1 atom stereocenters. The molecule has 1 rings (SSSR count). The van der Waals surface area contributed by atoms with E-state index in [1.165, 1.54) is 4.90 Å². The van der Waals surface area contributed by atoms with Crippen molar-refractivity contribution in [2.45, 2.75) is 50.7 Å². The Hall–Kier alpha value is -1.30. The molecular weight excluding hydrogens is 236 g/mol. The van der Waals surface area contributed by atoms with E-state index in [1.54, 1.807) is 14.0 Å². The summed E-state index contributed by atoms with van der Waals surface area (Å²) in [5.41, 5.74) is -0.776. The lowest BCUT2D eigenvalue weighted by molar-refractivity contribution is -0.137. The molecule has 1 aliphatic carbocycles. The standard InChI is InChI=1S/C12H22N2O4/c1-9(7-10(15)16)13-11(17)14(2)8-12(18)5-3-4-6-12/h9,18H,3-8H2,1-2H3,(H,13,17)(H,15,16). The Bertz CT molecular complexity index is 313. The number of aliphatic hydroxyl groups is 1. The number of carboxylic acids is 1. The maximum absolute atomic E-state index is 11.8. The van der Waals surface area contributed by atoms with Gasteiger partial charge in [-0.1, -0.05) is 12.8 Å². The molecule has 0 spiro atoms. The van der Waals surface area contributed by atoms with E-state index in [0.29, 0.717) is 6.54 Å². The molecule has 0 aromatic heterocycles. The van der Waals surface area contributed by atoms with E-state index < -0.39 is 17.6 Å². The average Bonchev–Trinajstić information content (AvgIpc) is 2.63. The van der Waals surface area contributed by atoms with Crippen molar-refractivity contribution in [2.75, 3.05) is 13.6 Å². The molecule has 104 valence electrons. The van der Waals surface area contributed by atoms with Gasteiger partial charge >= 0.3 is 12.0 Å². The molecule has 1 unspecified atom stereocenters. The molecule has 18 heavy (non-hydrogen) atoms. The zero-order valence-corrected chi connectivity index (χ0v) is 11.0. The van der Waals surface area contributed by atoms with Gasteiger partial charge in [-0.2, -0.15) is 0 Å². The van der Waals surface area contributed by atoms with Gasteiger partial charge in [0.05, 0.1) is 18.6 Å². The molecule has 2 amide bonds. The lowest BCUT2D eigenvalue weighted by atomic mass is 10.0. The second kappa shape index (κ2) is 6.04. The van der Waals surface area contributed by atoms with Crippen LogP contribution in [-0.4, -0.2) is 52.3 Å². The highest BCUT2D eigenvalue weighted by Gasteiger charge is 2.33. The molecule has 0 aromatic rings. The van der Waals surface area contributed by atoms with E-state index in [4.69, 9.17) is 5.11 Å². The molecule has 1 saturated carbocycles. The number of carboxylic acid groups (broad SMARTS) is 1. The molecular formula is C12H22N2O4. The number of likely N-dealkylation sites (N-methyl/N-ethyl adjacent to an activating group) is 1. The van der Waals surface area contributed by atoms with Crippen molar-refractivity contribution in [3.8, 4) is 0 Å². The van der Waals surface area contributed by atoms with Gasteiger partial charge in [-0.15, -0.1) is 0 Å². The third-order valence-corrected chi connectivity index (χ3v) is 3.26. The summed E-state index contributed by atoms with van der Waals surface area (Å²) in [7, 11) is 1.61. The minimum absolute atomic E-state index is 0.107. The summed E-state index contributed by atoms with van der Waals surface area (Å²) < 4.78 is 0.